The molecule has 0 spiro atoms. The summed E-state index contributed by atoms with van der Waals surface area (Å²) in [5.74, 6) is -1.66. The Hall–Kier alpha value is -3.13. The van der Waals surface area contributed by atoms with Gasteiger partial charge in [-0.1, -0.05) is 0 Å². The number of piperazine rings is 1. The Bertz CT molecular complexity index is 763. The lowest BCUT2D eigenvalue weighted by atomic mass is 10.2. The third-order valence-electron chi connectivity index (χ3n) is 4.32. The third-order valence-corrected chi connectivity index (χ3v) is 4.32. The zero-order valence-electron chi connectivity index (χ0n) is 14.4. The van der Waals surface area contributed by atoms with E-state index >= 15 is 0 Å². The molecule has 0 bridgehead atoms. The lowest BCUT2D eigenvalue weighted by Crippen LogP contribution is -2.44. The lowest BCUT2D eigenvalue weighted by Gasteiger charge is -2.34. The quantitative estimate of drug-likeness (QED) is 0.425. The van der Waals surface area contributed by atoms with Gasteiger partial charge in [0.05, 0.1) is 5.69 Å². The van der Waals surface area contributed by atoms with Crippen molar-refractivity contribution in [1.82, 2.24) is 4.90 Å². The van der Waals surface area contributed by atoms with E-state index in [0.29, 0.717) is 5.69 Å². The number of hydrogen-bond acceptors (Lipinski definition) is 6. The van der Waals surface area contributed by atoms with Crippen LogP contribution in [0.1, 0.15) is 0 Å². The van der Waals surface area contributed by atoms with Crippen LogP contribution in [0.4, 0.5) is 21.9 Å². The minimum atomic E-state index is -0.629. The number of nitrogens with zero attached hydrogens (tertiary/aromatic N) is 2. The van der Waals surface area contributed by atoms with E-state index in [0.717, 1.165) is 44.0 Å². The molecular weight excluding hydrogens is 336 g/mol. The van der Waals surface area contributed by atoms with Crippen LogP contribution in [0.3, 0.4) is 0 Å². The number of amides is 2. The molecule has 0 unspecified atom stereocenters. The van der Waals surface area contributed by atoms with Crippen LogP contribution in [-0.2, 0) is 0 Å². The number of phenols is 3. The van der Waals surface area contributed by atoms with Crippen molar-refractivity contribution in [3.8, 4) is 17.2 Å². The maximum Gasteiger partial charge on any atom is 0.323 e. The van der Waals surface area contributed by atoms with Gasteiger partial charge in [0.1, 0.15) is 0 Å². The highest BCUT2D eigenvalue weighted by atomic mass is 16.3. The number of rotatable bonds is 3. The van der Waals surface area contributed by atoms with Gasteiger partial charge >= 0.3 is 6.03 Å². The lowest BCUT2D eigenvalue weighted by molar-refractivity contribution is 0.262. The van der Waals surface area contributed by atoms with Crippen molar-refractivity contribution in [3.63, 3.8) is 0 Å². The van der Waals surface area contributed by atoms with E-state index in [9.17, 15) is 20.1 Å². The topological polar surface area (TPSA) is 108 Å². The van der Waals surface area contributed by atoms with Crippen LogP contribution in [0.5, 0.6) is 17.2 Å². The van der Waals surface area contributed by atoms with E-state index in [1.54, 1.807) is 0 Å². The summed E-state index contributed by atoms with van der Waals surface area (Å²) in [5, 5.41) is 33.4. The fourth-order valence-electron chi connectivity index (χ4n) is 2.79. The van der Waals surface area contributed by atoms with Gasteiger partial charge in [-0.05, 0) is 31.3 Å². The molecule has 26 heavy (non-hydrogen) atoms. The van der Waals surface area contributed by atoms with Crippen LogP contribution in [-0.4, -0.2) is 59.5 Å². The molecule has 0 aromatic heterocycles. The van der Waals surface area contributed by atoms with Gasteiger partial charge in [0, 0.05) is 49.7 Å². The summed E-state index contributed by atoms with van der Waals surface area (Å²) >= 11 is 0. The number of aromatic hydroxyl groups is 3. The fourth-order valence-corrected chi connectivity index (χ4v) is 2.79. The van der Waals surface area contributed by atoms with E-state index < -0.39 is 23.3 Å². The first-order valence-corrected chi connectivity index (χ1v) is 8.29. The number of hydrogen-bond donors (Lipinski definition) is 5. The SMILES string of the molecule is CN1CCN(c2ccc(NC(=O)Nc3cc(O)c(O)c(O)c3)cc2)CC1. The maximum atomic E-state index is 12.0. The number of benzene rings is 2. The summed E-state index contributed by atoms with van der Waals surface area (Å²) in [6, 6.07) is 9.31. The van der Waals surface area contributed by atoms with Crippen LogP contribution in [0.2, 0.25) is 0 Å². The Kier molecular flexibility index (Phi) is 5.04. The largest absolute Gasteiger partial charge is 0.504 e. The number of nitrogens with one attached hydrogen (secondary N) is 2. The first-order chi connectivity index (χ1) is 12.4. The van der Waals surface area contributed by atoms with Gasteiger partial charge < -0.3 is 35.8 Å². The molecule has 2 aromatic rings. The van der Waals surface area contributed by atoms with Crippen LogP contribution < -0.4 is 15.5 Å². The highest BCUT2D eigenvalue weighted by Gasteiger charge is 2.14. The van der Waals surface area contributed by atoms with Crippen molar-refractivity contribution in [3.05, 3.63) is 36.4 Å². The average Bonchev–Trinajstić information content (AvgIpc) is 2.61. The molecule has 1 aliphatic rings. The minimum absolute atomic E-state index is 0.157. The Morgan fingerprint density at radius 1 is 0.885 bits per heavy atom. The van der Waals surface area contributed by atoms with Crippen LogP contribution in [0, 0.1) is 0 Å². The van der Waals surface area contributed by atoms with Gasteiger partial charge in [0.15, 0.2) is 17.2 Å². The van der Waals surface area contributed by atoms with Crippen molar-refractivity contribution < 1.29 is 20.1 Å². The van der Waals surface area contributed by atoms with Crippen LogP contribution in [0.25, 0.3) is 0 Å². The second-order valence-corrected chi connectivity index (χ2v) is 6.28. The summed E-state index contributed by atoms with van der Waals surface area (Å²) in [6.45, 7) is 3.98. The van der Waals surface area contributed by atoms with Crippen molar-refractivity contribution in [1.29, 1.82) is 0 Å². The highest BCUT2D eigenvalue weighted by Crippen LogP contribution is 2.37. The molecule has 0 saturated carbocycles. The average molecular weight is 358 g/mol. The summed E-state index contributed by atoms with van der Waals surface area (Å²) in [7, 11) is 2.11. The first-order valence-electron chi connectivity index (χ1n) is 8.29. The standard InChI is InChI=1S/C18H22N4O4/c1-21-6-8-22(9-7-21)14-4-2-12(3-5-14)19-18(26)20-13-10-15(23)17(25)16(24)11-13/h2-5,10-11,23-25H,6-9H2,1H3,(H2,19,20,26). The molecule has 0 aliphatic carbocycles. The monoisotopic (exact) mass is 358 g/mol. The van der Waals surface area contributed by atoms with Crippen LogP contribution in [0.15, 0.2) is 36.4 Å². The molecule has 5 N–H and O–H groups in total. The Balaban J connectivity index is 1.59. The smallest absolute Gasteiger partial charge is 0.323 e. The van der Waals surface area contributed by atoms with Gasteiger partial charge in [-0.3, -0.25) is 0 Å². The number of phenolic OH excluding ortho intramolecular Hbond substituents is 3. The number of likely N-dealkylation sites (N-methyl/N-ethyl adjacent to an activating group) is 1. The third kappa shape index (κ3) is 4.09. The Morgan fingerprint density at radius 3 is 2.00 bits per heavy atom. The summed E-state index contributed by atoms with van der Waals surface area (Å²) in [4.78, 5) is 16.6. The van der Waals surface area contributed by atoms with E-state index in [-0.39, 0.29) is 5.69 Å². The second-order valence-electron chi connectivity index (χ2n) is 6.28. The minimum Gasteiger partial charge on any atom is -0.504 e. The van der Waals surface area contributed by atoms with E-state index in [1.807, 2.05) is 24.3 Å². The van der Waals surface area contributed by atoms with E-state index in [1.165, 1.54) is 0 Å². The molecule has 1 saturated heterocycles. The molecule has 1 heterocycles. The maximum absolute atomic E-state index is 12.0. The number of urea groups is 1. The molecule has 1 aliphatic heterocycles. The van der Waals surface area contributed by atoms with Gasteiger partial charge in [0.25, 0.3) is 0 Å². The molecule has 0 radical (unpaired) electrons. The van der Waals surface area contributed by atoms with Crippen LogP contribution >= 0.6 is 0 Å². The van der Waals surface area contributed by atoms with Crippen molar-refractivity contribution >= 4 is 23.1 Å². The second kappa shape index (κ2) is 7.40. The van der Waals surface area contributed by atoms with Gasteiger partial charge in [0.2, 0.25) is 0 Å². The predicted octanol–water partition coefficient (Wildman–Crippen LogP) is 2.20. The van der Waals surface area contributed by atoms with Crippen molar-refractivity contribution in [2.45, 2.75) is 0 Å². The zero-order valence-corrected chi connectivity index (χ0v) is 14.4. The summed E-state index contributed by atoms with van der Waals surface area (Å²) < 4.78 is 0. The Labute approximate surface area is 151 Å². The van der Waals surface area contributed by atoms with E-state index in [2.05, 4.69) is 27.5 Å². The molecule has 8 nitrogen and oxygen atoms in total. The molecule has 138 valence electrons. The van der Waals surface area contributed by atoms with Gasteiger partial charge in [-0.15, -0.1) is 0 Å². The molecule has 2 amide bonds. The molecular formula is C18H22N4O4. The fraction of sp³-hybridized carbons (Fsp3) is 0.278. The molecule has 0 atom stereocenters. The van der Waals surface area contributed by atoms with Gasteiger partial charge in [-0.2, -0.15) is 0 Å². The zero-order chi connectivity index (χ0) is 18.7. The Morgan fingerprint density at radius 2 is 1.42 bits per heavy atom. The first kappa shape index (κ1) is 17.7. The highest BCUT2D eigenvalue weighted by molar-refractivity contribution is 6.00. The normalized spacial score (nSPS) is 14.9. The predicted molar refractivity (Wildman–Crippen MR) is 100 cm³/mol. The van der Waals surface area contributed by atoms with Crippen molar-refractivity contribution in [2.24, 2.45) is 0 Å². The molecule has 8 heteroatoms. The number of carbonyl (C=O) groups is 1. The van der Waals surface area contributed by atoms with Crippen molar-refractivity contribution in [2.75, 3.05) is 48.8 Å². The number of carbonyl (C=O) groups excluding carboxylic acids is 1. The van der Waals surface area contributed by atoms with Gasteiger partial charge in [-0.25, -0.2) is 4.79 Å². The summed E-state index contributed by atoms with van der Waals surface area (Å²) in [6.07, 6.45) is 0. The molecule has 3 rings (SSSR count). The molecule has 1 fully saturated rings. The number of anilines is 3. The molecule has 2 aromatic carbocycles. The van der Waals surface area contributed by atoms with E-state index in [4.69, 9.17) is 0 Å². The summed E-state index contributed by atoms with van der Waals surface area (Å²) in [5.41, 5.74) is 1.88.